The smallest absolute Gasteiger partial charge is 0.118 e. The van der Waals surface area contributed by atoms with Gasteiger partial charge in [0.1, 0.15) is 17.2 Å². The lowest BCUT2D eigenvalue weighted by Crippen LogP contribution is -2.33. The Morgan fingerprint density at radius 2 is 1.14 bits per heavy atom. The first-order valence-corrected chi connectivity index (χ1v) is 13.1. The first kappa shape index (κ1) is 25.2. The molecule has 0 unspecified atom stereocenters. The summed E-state index contributed by atoms with van der Waals surface area (Å²) in [5.74, 6) is 2.45. The van der Waals surface area contributed by atoms with Crippen molar-refractivity contribution in [3.8, 4) is 17.2 Å². The third-order valence-corrected chi connectivity index (χ3v) is 7.72. The molecule has 1 aliphatic carbocycles. The Morgan fingerprint density at radius 1 is 0.686 bits per heavy atom. The van der Waals surface area contributed by atoms with E-state index in [2.05, 4.69) is 64.1 Å². The Morgan fingerprint density at radius 3 is 1.57 bits per heavy atom. The van der Waals surface area contributed by atoms with Crippen molar-refractivity contribution in [2.24, 2.45) is 11.8 Å². The SMILES string of the molecule is CC(C)Cc1cc(C2(c3ccc(O)c(CC(C)C)c3)CCC(c3ccc(O)cc3)CC2)ccc1O. The largest absolute Gasteiger partial charge is 0.508 e. The van der Waals surface area contributed by atoms with Gasteiger partial charge in [-0.2, -0.15) is 0 Å². The zero-order chi connectivity index (χ0) is 25.2. The van der Waals surface area contributed by atoms with Crippen molar-refractivity contribution < 1.29 is 15.3 Å². The van der Waals surface area contributed by atoms with Crippen molar-refractivity contribution in [1.29, 1.82) is 0 Å². The van der Waals surface area contributed by atoms with E-state index in [1.807, 2.05) is 12.1 Å². The van der Waals surface area contributed by atoms with Gasteiger partial charge in [0, 0.05) is 5.41 Å². The van der Waals surface area contributed by atoms with Gasteiger partial charge in [-0.15, -0.1) is 0 Å². The van der Waals surface area contributed by atoms with Crippen LogP contribution in [0.2, 0.25) is 0 Å². The Hall–Kier alpha value is -2.94. The van der Waals surface area contributed by atoms with Gasteiger partial charge in [-0.1, -0.05) is 64.1 Å². The van der Waals surface area contributed by atoms with Crippen LogP contribution in [-0.2, 0) is 18.3 Å². The van der Waals surface area contributed by atoms with E-state index in [1.54, 1.807) is 12.1 Å². The number of aromatic hydroxyl groups is 3. The monoisotopic (exact) mass is 472 g/mol. The van der Waals surface area contributed by atoms with Crippen LogP contribution in [0.3, 0.4) is 0 Å². The molecule has 0 aromatic heterocycles. The van der Waals surface area contributed by atoms with E-state index in [9.17, 15) is 15.3 Å². The summed E-state index contributed by atoms with van der Waals surface area (Å²) in [5, 5.41) is 30.9. The van der Waals surface area contributed by atoms with E-state index in [4.69, 9.17) is 0 Å². The summed E-state index contributed by atoms with van der Waals surface area (Å²) < 4.78 is 0. The van der Waals surface area contributed by atoms with Gasteiger partial charge in [-0.05, 0) is 108 Å². The minimum absolute atomic E-state index is 0.160. The molecule has 0 amide bonds. The van der Waals surface area contributed by atoms with Crippen molar-refractivity contribution in [1.82, 2.24) is 0 Å². The first-order chi connectivity index (χ1) is 16.7. The van der Waals surface area contributed by atoms with Gasteiger partial charge in [0.25, 0.3) is 0 Å². The molecule has 0 radical (unpaired) electrons. The molecule has 3 aromatic rings. The van der Waals surface area contributed by atoms with Gasteiger partial charge < -0.3 is 15.3 Å². The highest BCUT2D eigenvalue weighted by atomic mass is 16.3. The summed E-state index contributed by atoms with van der Waals surface area (Å²) in [6, 6.07) is 20.1. The Kier molecular flexibility index (Phi) is 7.44. The third kappa shape index (κ3) is 5.50. The average Bonchev–Trinajstić information content (AvgIpc) is 2.82. The molecule has 186 valence electrons. The average molecular weight is 473 g/mol. The Balaban J connectivity index is 1.76. The molecule has 35 heavy (non-hydrogen) atoms. The minimum Gasteiger partial charge on any atom is -0.508 e. The Bertz CT molecular complexity index is 1070. The zero-order valence-corrected chi connectivity index (χ0v) is 21.6. The number of hydrogen-bond acceptors (Lipinski definition) is 3. The van der Waals surface area contributed by atoms with Crippen molar-refractivity contribution in [3.05, 3.63) is 88.5 Å². The summed E-state index contributed by atoms with van der Waals surface area (Å²) in [5.41, 5.74) is 5.67. The fraction of sp³-hybridized carbons (Fsp3) is 0.438. The number of rotatable bonds is 7. The van der Waals surface area contributed by atoms with Crippen molar-refractivity contribution in [2.45, 2.75) is 77.6 Å². The van der Waals surface area contributed by atoms with Crippen LogP contribution < -0.4 is 0 Å². The van der Waals surface area contributed by atoms with Crippen LogP contribution >= 0.6 is 0 Å². The lowest BCUT2D eigenvalue weighted by Gasteiger charge is -2.42. The van der Waals surface area contributed by atoms with E-state index in [0.29, 0.717) is 35.0 Å². The molecule has 1 aliphatic rings. The molecule has 4 rings (SSSR count). The van der Waals surface area contributed by atoms with Crippen LogP contribution in [0.4, 0.5) is 0 Å². The fourth-order valence-electron chi connectivity index (χ4n) is 5.91. The van der Waals surface area contributed by atoms with Crippen molar-refractivity contribution in [3.63, 3.8) is 0 Å². The van der Waals surface area contributed by atoms with E-state index in [-0.39, 0.29) is 5.41 Å². The number of hydrogen-bond donors (Lipinski definition) is 3. The van der Waals surface area contributed by atoms with Crippen LogP contribution in [-0.4, -0.2) is 15.3 Å². The molecule has 1 fully saturated rings. The fourth-order valence-corrected chi connectivity index (χ4v) is 5.91. The van der Waals surface area contributed by atoms with Gasteiger partial charge in [-0.25, -0.2) is 0 Å². The molecule has 3 heteroatoms. The highest BCUT2D eigenvalue weighted by Crippen LogP contribution is 2.50. The lowest BCUT2D eigenvalue weighted by atomic mass is 9.62. The van der Waals surface area contributed by atoms with E-state index >= 15 is 0 Å². The van der Waals surface area contributed by atoms with Crippen molar-refractivity contribution in [2.75, 3.05) is 0 Å². The maximum Gasteiger partial charge on any atom is 0.118 e. The minimum atomic E-state index is -0.160. The number of benzene rings is 3. The second-order valence-electron chi connectivity index (χ2n) is 11.3. The standard InChI is InChI=1S/C32H40O3/c1-21(2)17-25-19-27(7-11-30(25)34)32(28-8-12-31(35)26(20-28)18-22(3)4)15-13-24(14-16-32)23-5-9-29(33)10-6-23/h5-12,19-22,24,33-35H,13-18H2,1-4H3. The molecular formula is C32H40O3. The number of phenolic OH excluding ortho intramolecular Hbond substituents is 3. The summed E-state index contributed by atoms with van der Waals surface area (Å²) in [6.45, 7) is 8.73. The molecule has 3 nitrogen and oxygen atoms in total. The van der Waals surface area contributed by atoms with Gasteiger partial charge in [-0.3, -0.25) is 0 Å². The molecule has 0 heterocycles. The Labute approximate surface area is 210 Å². The summed E-state index contributed by atoms with van der Waals surface area (Å²) >= 11 is 0. The predicted molar refractivity (Wildman–Crippen MR) is 143 cm³/mol. The highest BCUT2D eigenvalue weighted by Gasteiger charge is 2.39. The molecule has 0 bridgehead atoms. The molecule has 3 aromatic carbocycles. The molecule has 0 spiro atoms. The molecule has 0 saturated heterocycles. The molecule has 0 aliphatic heterocycles. The van der Waals surface area contributed by atoms with E-state index < -0.39 is 0 Å². The highest BCUT2D eigenvalue weighted by molar-refractivity contribution is 5.49. The molecule has 0 atom stereocenters. The molecule has 3 N–H and O–H groups in total. The summed E-state index contributed by atoms with van der Waals surface area (Å²) in [4.78, 5) is 0. The van der Waals surface area contributed by atoms with Crippen LogP contribution in [0, 0.1) is 11.8 Å². The van der Waals surface area contributed by atoms with Crippen LogP contribution in [0.25, 0.3) is 0 Å². The second-order valence-corrected chi connectivity index (χ2v) is 11.3. The topological polar surface area (TPSA) is 60.7 Å². The van der Waals surface area contributed by atoms with E-state index in [0.717, 1.165) is 49.7 Å². The molecular weight excluding hydrogens is 432 g/mol. The lowest BCUT2D eigenvalue weighted by molar-refractivity contribution is 0.313. The van der Waals surface area contributed by atoms with Crippen LogP contribution in [0.1, 0.15) is 87.1 Å². The maximum absolute atomic E-state index is 10.6. The van der Waals surface area contributed by atoms with Gasteiger partial charge >= 0.3 is 0 Å². The second kappa shape index (κ2) is 10.4. The van der Waals surface area contributed by atoms with E-state index in [1.165, 1.54) is 16.7 Å². The van der Waals surface area contributed by atoms with Gasteiger partial charge in [0.05, 0.1) is 0 Å². The quantitative estimate of drug-likeness (QED) is 0.328. The van der Waals surface area contributed by atoms with Gasteiger partial charge in [0.2, 0.25) is 0 Å². The van der Waals surface area contributed by atoms with Crippen LogP contribution in [0.5, 0.6) is 17.2 Å². The van der Waals surface area contributed by atoms with Crippen LogP contribution in [0.15, 0.2) is 60.7 Å². The first-order valence-electron chi connectivity index (χ1n) is 13.1. The zero-order valence-electron chi connectivity index (χ0n) is 21.6. The summed E-state index contributed by atoms with van der Waals surface area (Å²) in [7, 11) is 0. The normalized spacial score (nSPS) is 16.2. The third-order valence-electron chi connectivity index (χ3n) is 7.72. The summed E-state index contributed by atoms with van der Waals surface area (Å²) in [6.07, 6.45) is 5.78. The van der Waals surface area contributed by atoms with Crippen molar-refractivity contribution >= 4 is 0 Å². The molecule has 1 saturated carbocycles. The number of phenols is 3. The predicted octanol–water partition coefficient (Wildman–Crippen LogP) is 7.84. The maximum atomic E-state index is 10.6. The van der Waals surface area contributed by atoms with Gasteiger partial charge in [0.15, 0.2) is 0 Å².